The number of hydrogen-bond acceptors (Lipinski definition) is 3. The number of benzene rings is 1. The van der Waals surface area contributed by atoms with Crippen molar-refractivity contribution in [1.82, 2.24) is 10.3 Å². The van der Waals surface area contributed by atoms with Gasteiger partial charge in [0.25, 0.3) is 11.8 Å². The molecule has 5 nitrogen and oxygen atoms in total. The van der Waals surface area contributed by atoms with Gasteiger partial charge in [0.2, 0.25) is 0 Å². The molecule has 0 fully saturated rings. The minimum atomic E-state index is -0.764. The zero-order chi connectivity index (χ0) is 12.9. The molecule has 0 radical (unpaired) electrons. The number of aliphatic hydroxyl groups is 1. The summed E-state index contributed by atoms with van der Waals surface area (Å²) in [6.45, 7) is 0. The molecule has 3 rings (SSSR count). The Morgan fingerprint density at radius 1 is 1.17 bits per heavy atom. The van der Waals surface area contributed by atoms with Crippen LogP contribution < -0.4 is 5.32 Å². The van der Waals surface area contributed by atoms with Crippen molar-refractivity contribution >= 4 is 44.2 Å². The SMILES string of the molecule is O=C1NC(=O)C(c2c[nH]c3c(Br)cccc23)=C1O. The summed E-state index contributed by atoms with van der Waals surface area (Å²) in [4.78, 5) is 25.9. The second kappa shape index (κ2) is 3.71. The summed E-state index contributed by atoms with van der Waals surface area (Å²) in [5.41, 5.74) is 1.32. The van der Waals surface area contributed by atoms with E-state index in [-0.39, 0.29) is 5.57 Å². The number of hydrogen-bond donors (Lipinski definition) is 3. The number of aromatic nitrogens is 1. The summed E-state index contributed by atoms with van der Waals surface area (Å²) in [6.07, 6.45) is 1.60. The molecule has 0 aliphatic carbocycles. The monoisotopic (exact) mass is 306 g/mol. The van der Waals surface area contributed by atoms with Crippen molar-refractivity contribution in [1.29, 1.82) is 0 Å². The molecule has 6 heteroatoms. The number of para-hydroxylation sites is 1. The Kier molecular flexibility index (Phi) is 2.27. The third kappa shape index (κ3) is 1.39. The van der Waals surface area contributed by atoms with Crippen LogP contribution in [0, 0.1) is 0 Å². The van der Waals surface area contributed by atoms with Crippen molar-refractivity contribution < 1.29 is 14.7 Å². The molecule has 0 saturated heterocycles. The molecule has 0 saturated carbocycles. The van der Waals surface area contributed by atoms with Crippen LogP contribution in [-0.4, -0.2) is 21.9 Å². The van der Waals surface area contributed by atoms with Crippen molar-refractivity contribution in [2.24, 2.45) is 0 Å². The Morgan fingerprint density at radius 3 is 2.61 bits per heavy atom. The second-order valence-electron chi connectivity index (χ2n) is 3.87. The van der Waals surface area contributed by atoms with Gasteiger partial charge in [0.15, 0.2) is 5.76 Å². The molecular formula is C12H7BrN2O3. The average Bonchev–Trinajstić information content (AvgIpc) is 2.84. The fourth-order valence-electron chi connectivity index (χ4n) is 2.02. The third-order valence-corrected chi connectivity index (χ3v) is 3.50. The molecule has 0 spiro atoms. The molecule has 2 aromatic rings. The first-order valence-corrected chi connectivity index (χ1v) is 5.94. The Balaban J connectivity index is 2.31. The largest absolute Gasteiger partial charge is 0.502 e. The smallest absolute Gasteiger partial charge is 0.293 e. The average molecular weight is 307 g/mol. The minimum Gasteiger partial charge on any atom is -0.502 e. The van der Waals surface area contributed by atoms with Crippen LogP contribution in [0.25, 0.3) is 16.5 Å². The van der Waals surface area contributed by atoms with Gasteiger partial charge in [-0.25, -0.2) is 0 Å². The van der Waals surface area contributed by atoms with Crippen molar-refractivity contribution in [3.05, 3.63) is 40.2 Å². The zero-order valence-corrected chi connectivity index (χ0v) is 10.5. The van der Waals surface area contributed by atoms with E-state index in [9.17, 15) is 14.7 Å². The van der Waals surface area contributed by atoms with Crippen LogP contribution in [0.1, 0.15) is 5.56 Å². The number of carbonyl (C=O) groups excluding carboxylic acids is 2. The van der Waals surface area contributed by atoms with E-state index in [0.29, 0.717) is 5.56 Å². The third-order valence-electron chi connectivity index (χ3n) is 2.84. The number of rotatable bonds is 1. The number of aliphatic hydroxyl groups excluding tert-OH is 1. The highest BCUT2D eigenvalue weighted by Crippen LogP contribution is 2.32. The van der Waals surface area contributed by atoms with E-state index in [1.54, 1.807) is 6.20 Å². The molecule has 1 aromatic heterocycles. The van der Waals surface area contributed by atoms with Gasteiger partial charge >= 0.3 is 0 Å². The number of H-pyrrole nitrogens is 1. The van der Waals surface area contributed by atoms with Gasteiger partial charge in [-0.15, -0.1) is 0 Å². The van der Waals surface area contributed by atoms with E-state index in [1.165, 1.54) is 0 Å². The van der Waals surface area contributed by atoms with E-state index in [4.69, 9.17) is 0 Å². The Hall–Kier alpha value is -2.08. The lowest BCUT2D eigenvalue weighted by atomic mass is 10.0. The highest BCUT2D eigenvalue weighted by atomic mass is 79.9. The molecular weight excluding hydrogens is 300 g/mol. The summed E-state index contributed by atoms with van der Waals surface area (Å²) in [7, 11) is 0. The van der Waals surface area contributed by atoms with Crippen molar-refractivity contribution in [2.75, 3.05) is 0 Å². The standard InChI is InChI=1S/C12H7BrN2O3/c13-7-3-1-2-5-6(4-14-9(5)7)8-10(16)12(18)15-11(8)17/h1-4,14H,(H2,15,16,17,18). The molecule has 0 bridgehead atoms. The lowest BCUT2D eigenvalue weighted by molar-refractivity contribution is -0.124. The number of fused-ring (bicyclic) bond motifs is 1. The molecule has 18 heavy (non-hydrogen) atoms. The van der Waals surface area contributed by atoms with Gasteiger partial charge in [-0.3, -0.25) is 14.9 Å². The molecule has 0 unspecified atom stereocenters. The summed E-state index contributed by atoms with van der Waals surface area (Å²) >= 11 is 3.38. The molecule has 1 aliphatic heterocycles. The van der Waals surface area contributed by atoms with Gasteiger partial charge in [0.05, 0.1) is 11.1 Å². The van der Waals surface area contributed by atoms with Crippen LogP contribution in [0.2, 0.25) is 0 Å². The van der Waals surface area contributed by atoms with Gasteiger partial charge in [0.1, 0.15) is 0 Å². The summed E-state index contributed by atoms with van der Waals surface area (Å²) in [5.74, 6) is -1.89. The van der Waals surface area contributed by atoms with Crippen LogP contribution in [0.3, 0.4) is 0 Å². The number of amides is 2. The van der Waals surface area contributed by atoms with Crippen molar-refractivity contribution in [3.63, 3.8) is 0 Å². The maximum absolute atomic E-state index is 11.6. The summed E-state index contributed by atoms with van der Waals surface area (Å²) in [6, 6.07) is 5.48. The van der Waals surface area contributed by atoms with E-state index in [2.05, 4.69) is 26.2 Å². The molecule has 1 aromatic carbocycles. The Bertz CT molecular complexity index is 730. The van der Waals surface area contributed by atoms with Gasteiger partial charge in [-0.05, 0) is 22.0 Å². The first-order chi connectivity index (χ1) is 8.59. The molecule has 1 aliphatic rings. The first-order valence-electron chi connectivity index (χ1n) is 5.14. The maximum Gasteiger partial charge on any atom is 0.293 e. The predicted molar refractivity (Wildman–Crippen MR) is 68.7 cm³/mol. The van der Waals surface area contributed by atoms with Crippen LogP contribution in [0.4, 0.5) is 0 Å². The lowest BCUT2D eigenvalue weighted by Gasteiger charge is -1.98. The number of aromatic amines is 1. The van der Waals surface area contributed by atoms with E-state index < -0.39 is 17.6 Å². The number of nitrogens with one attached hydrogen (secondary N) is 2. The highest BCUT2D eigenvalue weighted by Gasteiger charge is 2.32. The lowest BCUT2D eigenvalue weighted by Crippen LogP contribution is -2.22. The number of imide groups is 1. The number of halogens is 1. The van der Waals surface area contributed by atoms with Gasteiger partial charge < -0.3 is 10.1 Å². The van der Waals surface area contributed by atoms with Crippen LogP contribution in [0.5, 0.6) is 0 Å². The van der Waals surface area contributed by atoms with Gasteiger partial charge in [-0.2, -0.15) is 0 Å². The summed E-state index contributed by atoms with van der Waals surface area (Å²) in [5, 5.41) is 12.5. The van der Waals surface area contributed by atoms with Crippen molar-refractivity contribution in [3.8, 4) is 0 Å². The Morgan fingerprint density at radius 2 is 1.94 bits per heavy atom. The quantitative estimate of drug-likeness (QED) is 0.703. The molecule has 3 N–H and O–H groups in total. The fraction of sp³-hybridized carbons (Fsp3) is 0. The zero-order valence-electron chi connectivity index (χ0n) is 8.95. The molecule has 2 heterocycles. The normalized spacial score (nSPS) is 15.6. The van der Waals surface area contributed by atoms with E-state index in [0.717, 1.165) is 15.4 Å². The Labute approximate surface area is 110 Å². The topological polar surface area (TPSA) is 82.2 Å². The second-order valence-corrected chi connectivity index (χ2v) is 4.73. The van der Waals surface area contributed by atoms with Crippen LogP contribution in [-0.2, 0) is 9.59 Å². The highest BCUT2D eigenvalue weighted by molar-refractivity contribution is 9.10. The number of carbonyl (C=O) groups is 2. The van der Waals surface area contributed by atoms with E-state index >= 15 is 0 Å². The maximum atomic E-state index is 11.6. The van der Waals surface area contributed by atoms with Gasteiger partial charge in [0, 0.05) is 21.6 Å². The fourth-order valence-corrected chi connectivity index (χ4v) is 2.50. The van der Waals surface area contributed by atoms with Crippen LogP contribution in [0.15, 0.2) is 34.6 Å². The van der Waals surface area contributed by atoms with Crippen LogP contribution >= 0.6 is 15.9 Å². The molecule has 2 amide bonds. The first kappa shape index (κ1) is 11.0. The predicted octanol–water partition coefficient (Wildman–Crippen LogP) is 1.86. The molecule has 0 atom stereocenters. The van der Waals surface area contributed by atoms with E-state index in [1.807, 2.05) is 18.2 Å². The summed E-state index contributed by atoms with van der Waals surface area (Å²) < 4.78 is 0.844. The minimum absolute atomic E-state index is 0.00403. The van der Waals surface area contributed by atoms with Crippen molar-refractivity contribution in [2.45, 2.75) is 0 Å². The van der Waals surface area contributed by atoms with Gasteiger partial charge in [-0.1, -0.05) is 12.1 Å². The molecule has 90 valence electrons.